The quantitative estimate of drug-likeness (QED) is 0.488. The van der Waals surface area contributed by atoms with Gasteiger partial charge >= 0.3 is 0 Å². The Balaban J connectivity index is 2.03. The largest absolute Gasteiger partial charge is 0.299 e. The fourth-order valence-electron chi connectivity index (χ4n) is 2.40. The van der Waals surface area contributed by atoms with Gasteiger partial charge < -0.3 is 0 Å². The van der Waals surface area contributed by atoms with Gasteiger partial charge in [-0.3, -0.25) is 15.1 Å². The maximum atomic E-state index is 11.6. The highest BCUT2D eigenvalue weighted by Crippen LogP contribution is 2.22. The van der Waals surface area contributed by atoms with Crippen molar-refractivity contribution < 1.29 is 4.79 Å². The lowest BCUT2D eigenvalue weighted by molar-refractivity contribution is 0.0955. The van der Waals surface area contributed by atoms with Gasteiger partial charge in [0.2, 0.25) is 0 Å². The number of carbonyl (C=O) groups excluding carboxylic acids is 1. The third kappa shape index (κ3) is 3.06. The molecule has 0 aromatic carbocycles. The van der Waals surface area contributed by atoms with E-state index in [-0.39, 0.29) is 5.91 Å². The molecule has 0 saturated carbocycles. The van der Waals surface area contributed by atoms with Crippen LogP contribution in [0.3, 0.4) is 0 Å². The summed E-state index contributed by atoms with van der Waals surface area (Å²) in [4.78, 5) is 14.7. The molecule has 5 heteroatoms. The number of hydrogen-bond acceptors (Lipinski definition) is 4. The first-order chi connectivity index (χ1) is 8.20. The van der Waals surface area contributed by atoms with Gasteiger partial charge in [-0.1, -0.05) is 6.92 Å². The van der Waals surface area contributed by atoms with E-state index in [0.29, 0.717) is 0 Å². The summed E-state index contributed by atoms with van der Waals surface area (Å²) in [7, 11) is 0. The van der Waals surface area contributed by atoms with Gasteiger partial charge in [-0.05, 0) is 42.3 Å². The summed E-state index contributed by atoms with van der Waals surface area (Å²) < 4.78 is 0. The fourth-order valence-corrected chi connectivity index (χ4v) is 3.21. The summed E-state index contributed by atoms with van der Waals surface area (Å²) in [5.74, 6) is 5.76. The van der Waals surface area contributed by atoms with Crippen LogP contribution in [0.2, 0.25) is 0 Å². The third-order valence-electron chi connectivity index (χ3n) is 3.22. The van der Waals surface area contributed by atoms with Crippen molar-refractivity contribution in [3.05, 3.63) is 21.9 Å². The number of carbonyl (C=O) groups is 1. The predicted octanol–water partition coefficient (Wildman–Crippen LogP) is 1.58. The Morgan fingerprint density at radius 3 is 3.24 bits per heavy atom. The molecule has 1 fully saturated rings. The van der Waals surface area contributed by atoms with Crippen LogP contribution in [0, 0.1) is 5.92 Å². The highest BCUT2D eigenvalue weighted by atomic mass is 32.1. The minimum Gasteiger partial charge on any atom is -0.299 e. The number of nitrogen functional groups attached to an aromatic ring is 1. The summed E-state index contributed by atoms with van der Waals surface area (Å²) >= 11 is 1.45. The molecular weight excluding hydrogens is 234 g/mol. The molecule has 1 atom stereocenters. The third-order valence-corrected chi connectivity index (χ3v) is 4.17. The number of nitrogens with one attached hydrogen (secondary N) is 1. The first-order valence-electron chi connectivity index (χ1n) is 6.00. The molecule has 3 N–H and O–H groups in total. The zero-order valence-electron chi connectivity index (χ0n) is 10.1. The minimum absolute atomic E-state index is 0.181. The van der Waals surface area contributed by atoms with Crippen molar-refractivity contribution in [3.8, 4) is 0 Å². The molecule has 1 aliphatic rings. The van der Waals surface area contributed by atoms with E-state index in [1.54, 1.807) is 0 Å². The Bertz CT molecular complexity index is 391. The summed E-state index contributed by atoms with van der Waals surface area (Å²) in [6.07, 6.45) is 2.57. The van der Waals surface area contributed by atoms with E-state index in [9.17, 15) is 4.79 Å². The molecule has 2 heterocycles. The van der Waals surface area contributed by atoms with Gasteiger partial charge in [-0.25, -0.2) is 5.84 Å². The number of rotatable bonds is 3. The smallest absolute Gasteiger partial charge is 0.275 e. The van der Waals surface area contributed by atoms with Gasteiger partial charge in [0.25, 0.3) is 5.91 Å². The standard InChI is InChI=1S/C12H19N3OS/c1-9-3-2-5-15(7-9)8-10-4-6-17-11(10)12(16)14-13/h4,6,9H,2-3,5,7-8,13H2,1H3,(H,14,16). The van der Waals surface area contributed by atoms with Crippen LogP contribution in [-0.2, 0) is 6.54 Å². The first-order valence-corrected chi connectivity index (χ1v) is 6.88. The molecule has 1 aromatic heterocycles. The molecule has 1 aliphatic heterocycles. The van der Waals surface area contributed by atoms with Crippen molar-refractivity contribution in [2.75, 3.05) is 13.1 Å². The zero-order valence-corrected chi connectivity index (χ0v) is 10.9. The van der Waals surface area contributed by atoms with Crippen LogP contribution in [-0.4, -0.2) is 23.9 Å². The number of hydrazine groups is 1. The summed E-state index contributed by atoms with van der Waals surface area (Å²) in [5.41, 5.74) is 3.30. The molecule has 4 nitrogen and oxygen atoms in total. The molecule has 1 unspecified atom stereocenters. The molecule has 0 radical (unpaired) electrons. The molecular formula is C12H19N3OS. The number of amides is 1. The normalized spacial score (nSPS) is 21.4. The minimum atomic E-state index is -0.181. The van der Waals surface area contributed by atoms with Crippen molar-refractivity contribution in [2.45, 2.75) is 26.3 Å². The summed E-state index contributed by atoms with van der Waals surface area (Å²) in [6.45, 7) is 5.40. The van der Waals surface area contributed by atoms with Crippen LogP contribution < -0.4 is 11.3 Å². The number of likely N-dealkylation sites (tertiary alicyclic amines) is 1. The molecule has 1 aromatic rings. The highest BCUT2D eigenvalue weighted by molar-refractivity contribution is 7.12. The van der Waals surface area contributed by atoms with E-state index >= 15 is 0 Å². The lowest BCUT2D eigenvalue weighted by Crippen LogP contribution is -2.35. The monoisotopic (exact) mass is 253 g/mol. The van der Waals surface area contributed by atoms with Crippen molar-refractivity contribution in [3.63, 3.8) is 0 Å². The van der Waals surface area contributed by atoms with Crippen LogP contribution in [0.4, 0.5) is 0 Å². The van der Waals surface area contributed by atoms with E-state index in [4.69, 9.17) is 5.84 Å². The van der Waals surface area contributed by atoms with Crippen LogP contribution in [0.5, 0.6) is 0 Å². The second kappa shape index (κ2) is 5.62. The maximum Gasteiger partial charge on any atom is 0.275 e. The Hall–Kier alpha value is -0.910. The number of piperidine rings is 1. The van der Waals surface area contributed by atoms with Crippen LogP contribution >= 0.6 is 11.3 Å². The number of hydrogen-bond donors (Lipinski definition) is 2. The average Bonchev–Trinajstić information content (AvgIpc) is 2.76. The van der Waals surface area contributed by atoms with Gasteiger partial charge in [0.05, 0.1) is 4.88 Å². The first kappa shape index (κ1) is 12.5. The molecule has 0 spiro atoms. The molecule has 0 aliphatic carbocycles. The lowest BCUT2D eigenvalue weighted by Gasteiger charge is -2.30. The van der Waals surface area contributed by atoms with E-state index in [2.05, 4.69) is 17.2 Å². The van der Waals surface area contributed by atoms with Gasteiger partial charge in [0.1, 0.15) is 0 Å². The average molecular weight is 253 g/mol. The van der Waals surface area contributed by atoms with Crippen LogP contribution in [0.25, 0.3) is 0 Å². The van der Waals surface area contributed by atoms with Crippen molar-refractivity contribution in [1.29, 1.82) is 0 Å². The Kier molecular flexibility index (Phi) is 4.15. The second-order valence-corrected chi connectivity index (χ2v) is 5.65. The van der Waals surface area contributed by atoms with Crippen molar-refractivity contribution in [1.82, 2.24) is 10.3 Å². The molecule has 0 bridgehead atoms. The van der Waals surface area contributed by atoms with Crippen molar-refractivity contribution in [2.24, 2.45) is 11.8 Å². The summed E-state index contributed by atoms with van der Waals surface area (Å²) in [6, 6.07) is 2.02. The molecule has 94 valence electrons. The topological polar surface area (TPSA) is 58.4 Å². The van der Waals surface area contributed by atoms with E-state index < -0.39 is 0 Å². The van der Waals surface area contributed by atoms with Crippen LogP contribution in [0.1, 0.15) is 35.0 Å². The van der Waals surface area contributed by atoms with Gasteiger partial charge in [0.15, 0.2) is 0 Å². The predicted molar refractivity (Wildman–Crippen MR) is 69.6 cm³/mol. The zero-order chi connectivity index (χ0) is 12.3. The van der Waals surface area contributed by atoms with Gasteiger partial charge in [-0.15, -0.1) is 11.3 Å². The van der Waals surface area contributed by atoms with Gasteiger partial charge in [0, 0.05) is 13.1 Å². The molecule has 2 rings (SSSR count). The number of thiophene rings is 1. The van der Waals surface area contributed by atoms with Gasteiger partial charge in [-0.2, -0.15) is 0 Å². The number of nitrogens with two attached hydrogens (primary N) is 1. The SMILES string of the molecule is CC1CCCN(Cc2ccsc2C(=O)NN)C1. The Labute approximate surface area is 106 Å². The Morgan fingerprint density at radius 1 is 1.71 bits per heavy atom. The maximum absolute atomic E-state index is 11.6. The fraction of sp³-hybridized carbons (Fsp3) is 0.583. The second-order valence-electron chi connectivity index (χ2n) is 4.73. The molecule has 1 amide bonds. The highest BCUT2D eigenvalue weighted by Gasteiger charge is 2.19. The van der Waals surface area contributed by atoms with E-state index in [1.807, 2.05) is 11.4 Å². The molecule has 1 saturated heterocycles. The van der Waals surface area contributed by atoms with E-state index in [1.165, 1.54) is 24.2 Å². The lowest BCUT2D eigenvalue weighted by atomic mass is 10.00. The van der Waals surface area contributed by atoms with Crippen LogP contribution in [0.15, 0.2) is 11.4 Å². The molecule has 17 heavy (non-hydrogen) atoms. The number of nitrogens with zero attached hydrogens (tertiary/aromatic N) is 1. The van der Waals surface area contributed by atoms with Crippen molar-refractivity contribution >= 4 is 17.2 Å². The Morgan fingerprint density at radius 2 is 2.53 bits per heavy atom. The summed E-state index contributed by atoms with van der Waals surface area (Å²) in [5, 5.41) is 1.95. The van der Waals surface area contributed by atoms with E-state index in [0.717, 1.165) is 36.0 Å².